The van der Waals surface area contributed by atoms with E-state index in [9.17, 15) is 0 Å². The first-order valence-corrected chi connectivity index (χ1v) is 24.8. The molecule has 0 aliphatic carbocycles. The Bertz CT molecular complexity index is 1090. The molecule has 0 saturated heterocycles. The summed E-state index contributed by atoms with van der Waals surface area (Å²) in [6.45, 7) is 39.9. The predicted molar refractivity (Wildman–Crippen MR) is 276 cm³/mol. The number of hydrogen-bond acceptors (Lipinski definition) is 1. The van der Waals surface area contributed by atoms with Gasteiger partial charge in [-0.15, -0.1) is 0 Å². The number of allylic oxidation sites excluding steroid dienone is 2. The number of hydrogen-bond donors (Lipinski definition) is 1. The Morgan fingerprint density at radius 3 is 0.831 bits per heavy atom. The van der Waals surface area contributed by atoms with Gasteiger partial charge in [0.25, 0.3) is 0 Å². The lowest BCUT2D eigenvalue weighted by molar-refractivity contribution is 0.219. The number of aliphatic hydroxyl groups is 1. The SMILES string of the molecule is CCC.CCC(CC)(CC)CC.CCC(CC)CC.CCC(CC)CO.CCC=CCC.CCc1ccc(C)cc1.CCc1ccc(CC)cc1.CCc1ccccc1. The summed E-state index contributed by atoms with van der Waals surface area (Å²) in [4.78, 5) is 0. The van der Waals surface area contributed by atoms with Crippen molar-refractivity contribution in [3.63, 3.8) is 0 Å². The van der Waals surface area contributed by atoms with Gasteiger partial charge in [0.15, 0.2) is 0 Å². The molecule has 0 heterocycles. The average molecular weight is 819 g/mol. The highest BCUT2D eigenvalue weighted by Gasteiger charge is 2.20. The number of aryl methyl sites for hydroxylation is 5. The van der Waals surface area contributed by atoms with Crippen molar-refractivity contribution in [1.29, 1.82) is 0 Å². The topological polar surface area (TPSA) is 20.2 Å². The molecule has 0 radical (unpaired) electrons. The second kappa shape index (κ2) is 51.5. The fraction of sp³-hybridized carbons (Fsp3) is 0.655. The van der Waals surface area contributed by atoms with Crippen molar-refractivity contribution in [1.82, 2.24) is 0 Å². The second-order valence-corrected chi connectivity index (χ2v) is 15.6. The van der Waals surface area contributed by atoms with E-state index < -0.39 is 0 Å². The Labute approximate surface area is 373 Å². The Kier molecular flexibility index (Phi) is 57.2. The van der Waals surface area contributed by atoms with Crippen molar-refractivity contribution in [3.8, 4) is 0 Å². The van der Waals surface area contributed by atoms with Gasteiger partial charge in [-0.05, 0) is 85.0 Å². The molecule has 3 rings (SSSR count). The van der Waals surface area contributed by atoms with Gasteiger partial charge in [0, 0.05) is 6.61 Å². The maximum Gasteiger partial charge on any atom is 0.0459 e. The molecule has 0 saturated carbocycles. The van der Waals surface area contributed by atoms with Gasteiger partial charge < -0.3 is 5.11 Å². The maximum atomic E-state index is 8.53. The van der Waals surface area contributed by atoms with Crippen LogP contribution in [0.5, 0.6) is 0 Å². The van der Waals surface area contributed by atoms with E-state index in [-0.39, 0.29) is 0 Å². The normalized spacial score (nSPS) is 9.98. The molecule has 0 atom stereocenters. The van der Waals surface area contributed by atoms with Crippen LogP contribution in [0.3, 0.4) is 0 Å². The molecule has 0 aromatic heterocycles. The van der Waals surface area contributed by atoms with Crippen LogP contribution in [0.1, 0.15) is 223 Å². The van der Waals surface area contributed by atoms with E-state index in [0.29, 0.717) is 17.9 Å². The summed E-state index contributed by atoms with van der Waals surface area (Å²) < 4.78 is 0. The molecule has 3 aromatic rings. The fourth-order valence-corrected chi connectivity index (χ4v) is 5.79. The van der Waals surface area contributed by atoms with Crippen molar-refractivity contribution in [2.45, 2.75) is 227 Å². The van der Waals surface area contributed by atoms with Crippen molar-refractivity contribution < 1.29 is 5.11 Å². The number of aliphatic hydroxyl groups excluding tert-OH is 1. The third kappa shape index (κ3) is 43.3. The van der Waals surface area contributed by atoms with Crippen LogP contribution in [0.4, 0.5) is 0 Å². The van der Waals surface area contributed by atoms with Gasteiger partial charge in [-0.1, -0.05) is 278 Å². The van der Waals surface area contributed by atoms with Crippen LogP contribution < -0.4 is 0 Å². The summed E-state index contributed by atoms with van der Waals surface area (Å²) in [6.07, 6.45) is 24.2. The van der Waals surface area contributed by atoms with E-state index >= 15 is 0 Å². The van der Waals surface area contributed by atoms with E-state index in [1.54, 1.807) is 0 Å². The maximum absolute atomic E-state index is 8.53. The van der Waals surface area contributed by atoms with Crippen molar-refractivity contribution >= 4 is 0 Å². The molecule has 0 unspecified atom stereocenters. The van der Waals surface area contributed by atoms with Crippen molar-refractivity contribution in [3.05, 3.63) is 119 Å². The zero-order valence-corrected chi connectivity index (χ0v) is 43.3. The van der Waals surface area contributed by atoms with Crippen molar-refractivity contribution in [2.75, 3.05) is 6.61 Å². The lowest BCUT2D eigenvalue weighted by atomic mass is 9.78. The molecule has 0 bridgehead atoms. The summed E-state index contributed by atoms with van der Waals surface area (Å²) in [5, 5.41) is 8.53. The molecule has 1 nitrogen and oxygen atoms in total. The number of rotatable bonds is 16. The van der Waals surface area contributed by atoms with Crippen LogP contribution in [0.25, 0.3) is 0 Å². The van der Waals surface area contributed by atoms with Gasteiger partial charge in [0.05, 0.1) is 0 Å². The third-order valence-corrected chi connectivity index (χ3v) is 11.4. The van der Waals surface area contributed by atoms with Gasteiger partial charge >= 0.3 is 0 Å². The minimum Gasteiger partial charge on any atom is -0.396 e. The smallest absolute Gasteiger partial charge is 0.0459 e. The Morgan fingerprint density at radius 2 is 0.678 bits per heavy atom. The molecule has 0 spiro atoms. The summed E-state index contributed by atoms with van der Waals surface area (Å²) in [5.41, 5.74) is 7.69. The van der Waals surface area contributed by atoms with Crippen LogP contribution in [-0.2, 0) is 25.7 Å². The first-order chi connectivity index (χ1) is 28.4. The van der Waals surface area contributed by atoms with Crippen LogP contribution in [0, 0.1) is 24.2 Å². The molecule has 1 heteroatoms. The van der Waals surface area contributed by atoms with E-state index in [1.165, 1.54) is 92.0 Å². The fourth-order valence-electron chi connectivity index (χ4n) is 5.79. The second-order valence-electron chi connectivity index (χ2n) is 15.6. The molecular formula is C58H106O. The standard InChI is InChI=1S/C10H14.C9H12.C9H20.C8H10.C7H16.C6H14O.C6H12.C3H8/c1-3-9-5-7-10(4-2)8-6-9;1-3-9-6-4-8(2)5-7-9;1-5-9(6-2,7-3)8-4;1-2-8-6-4-3-5-7-8;1-4-7(5-2)6-3;1-3-6(4-2)5-7;1-3-5-6-4-2;1-3-2/h5-8H,3-4H2,1-2H3;4-7H,3H2,1-2H3;5-8H2,1-4H3;3-7H,2H2,1H3;7H,4-6H2,1-3H3;6-7H,3-5H2,1-2H3;5-6H,3-4H2,1-2H3;3H2,1-2H3. The summed E-state index contributed by atoms with van der Waals surface area (Å²) in [7, 11) is 0. The first kappa shape index (κ1) is 65.5. The lowest BCUT2D eigenvalue weighted by Crippen LogP contribution is -2.15. The van der Waals surface area contributed by atoms with E-state index in [0.717, 1.165) is 44.4 Å². The summed E-state index contributed by atoms with van der Waals surface area (Å²) >= 11 is 0. The largest absolute Gasteiger partial charge is 0.396 e. The number of benzene rings is 3. The highest BCUT2D eigenvalue weighted by molar-refractivity contribution is 5.22. The quantitative estimate of drug-likeness (QED) is 0.143. The summed E-state index contributed by atoms with van der Waals surface area (Å²) in [6, 6.07) is 27.9. The van der Waals surface area contributed by atoms with Crippen LogP contribution in [-0.4, -0.2) is 11.7 Å². The first-order valence-electron chi connectivity index (χ1n) is 24.8. The molecule has 0 aliphatic rings. The van der Waals surface area contributed by atoms with Gasteiger partial charge in [0.2, 0.25) is 0 Å². The van der Waals surface area contributed by atoms with Crippen molar-refractivity contribution in [2.24, 2.45) is 17.3 Å². The molecule has 0 aliphatic heterocycles. The Hall–Kier alpha value is -2.64. The van der Waals surface area contributed by atoms with E-state index in [2.05, 4.69) is 210 Å². The molecule has 1 N–H and O–H groups in total. The average Bonchev–Trinajstić information content (AvgIpc) is 3.30. The molecule has 344 valence electrons. The van der Waals surface area contributed by atoms with E-state index in [1.807, 2.05) is 6.07 Å². The zero-order chi connectivity index (χ0) is 46.2. The van der Waals surface area contributed by atoms with Gasteiger partial charge in [-0.3, -0.25) is 0 Å². The molecule has 0 amide bonds. The lowest BCUT2D eigenvalue weighted by Gasteiger charge is -2.28. The third-order valence-electron chi connectivity index (χ3n) is 11.4. The highest BCUT2D eigenvalue weighted by atomic mass is 16.3. The highest BCUT2D eigenvalue weighted by Crippen LogP contribution is 2.33. The van der Waals surface area contributed by atoms with E-state index in [4.69, 9.17) is 5.11 Å². The minimum atomic E-state index is 0.354. The van der Waals surface area contributed by atoms with Crippen LogP contribution >= 0.6 is 0 Å². The predicted octanol–water partition coefficient (Wildman–Crippen LogP) is 19.3. The van der Waals surface area contributed by atoms with Gasteiger partial charge in [0.1, 0.15) is 0 Å². The van der Waals surface area contributed by atoms with Crippen LogP contribution in [0.15, 0.2) is 91.0 Å². The molecule has 59 heavy (non-hydrogen) atoms. The molecule has 3 aromatic carbocycles. The minimum absolute atomic E-state index is 0.354. The molecule has 0 fully saturated rings. The van der Waals surface area contributed by atoms with Gasteiger partial charge in [-0.2, -0.15) is 0 Å². The Morgan fingerprint density at radius 1 is 0.407 bits per heavy atom. The molecular weight excluding hydrogens is 713 g/mol. The van der Waals surface area contributed by atoms with Gasteiger partial charge in [-0.25, -0.2) is 0 Å². The monoisotopic (exact) mass is 819 g/mol. The Balaban J connectivity index is -0.000000191. The zero-order valence-electron chi connectivity index (χ0n) is 43.3. The van der Waals surface area contributed by atoms with Crippen LogP contribution in [0.2, 0.25) is 0 Å². The summed E-state index contributed by atoms with van der Waals surface area (Å²) in [5.74, 6) is 1.53.